The summed E-state index contributed by atoms with van der Waals surface area (Å²) in [6, 6.07) is 9.39. The zero-order valence-electron chi connectivity index (χ0n) is 5.33. The molecule has 0 aromatic heterocycles. The van der Waals surface area contributed by atoms with E-state index < -0.39 is 6.36 Å². The van der Waals surface area contributed by atoms with Crippen LogP contribution in [0.2, 0.25) is 0 Å². The second-order valence-electron chi connectivity index (χ2n) is 2.32. The molecule has 1 nitrogen and oxygen atoms in total. The van der Waals surface area contributed by atoms with E-state index in [1.165, 1.54) is 0 Å². The van der Waals surface area contributed by atoms with Gasteiger partial charge < -0.3 is 4.74 Å². The van der Waals surface area contributed by atoms with Crippen LogP contribution in [0.1, 0.15) is 11.7 Å². The number of halogens is 1. The van der Waals surface area contributed by atoms with Crippen LogP contribution in [0.15, 0.2) is 30.3 Å². The van der Waals surface area contributed by atoms with Crippen LogP contribution in [0.25, 0.3) is 0 Å². The second-order valence-corrected chi connectivity index (χ2v) is 2.32. The van der Waals surface area contributed by atoms with Gasteiger partial charge in [0.1, 0.15) is 6.10 Å². The van der Waals surface area contributed by atoms with Crippen LogP contribution in [-0.2, 0) is 4.74 Å². The summed E-state index contributed by atoms with van der Waals surface area (Å²) in [5, 5.41) is 0. The third-order valence-corrected chi connectivity index (χ3v) is 1.57. The largest absolute Gasteiger partial charge is 0.332 e. The SMILES string of the molecule is FC1OC1c1ccccc1. The van der Waals surface area contributed by atoms with Gasteiger partial charge in [-0.05, 0) is 5.56 Å². The third-order valence-electron chi connectivity index (χ3n) is 1.57. The molecule has 52 valence electrons. The van der Waals surface area contributed by atoms with Crippen molar-refractivity contribution in [1.82, 2.24) is 0 Å². The van der Waals surface area contributed by atoms with E-state index >= 15 is 0 Å². The summed E-state index contributed by atoms with van der Waals surface area (Å²) in [5.41, 5.74) is 0.926. The van der Waals surface area contributed by atoms with Crippen molar-refractivity contribution in [3.63, 3.8) is 0 Å². The highest BCUT2D eigenvalue weighted by atomic mass is 19.2. The van der Waals surface area contributed by atoms with Crippen molar-refractivity contribution in [2.75, 3.05) is 0 Å². The van der Waals surface area contributed by atoms with Gasteiger partial charge in [-0.2, -0.15) is 0 Å². The minimum atomic E-state index is -1.07. The van der Waals surface area contributed by atoms with Gasteiger partial charge in [0.05, 0.1) is 0 Å². The fourth-order valence-corrected chi connectivity index (χ4v) is 0.967. The van der Waals surface area contributed by atoms with Crippen molar-refractivity contribution in [2.45, 2.75) is 12.5 Å². The maximum atomic E-state index is 12.2. The summed E-state index contributed by atoms with van der Waals surface area (Å²) in [6.07, 6.45) is -1.36. The molecule has 0 radical (unpaired) electrons. The average molecular weight is 138 g/mol. The molecule has 1 heterocycles. The van der Waals surface area contributed by atoms with E-state index in [9.17, 15) is 4.39 Å². The summed E-state index contributed by atoms with van der Waals surface area (Å²) in [4.78, 5) is 0. The molecular formula is C8H7FO. The summed E-state index contributed by atoms with van der Waals surface area (Å²) >= 11 is 0. The van der Waals surface area contributed by atoms with E-state index in [2.05, 4.69) is 4.74 Å². The Bertz CT molecular complexity index is 222. The number of epoxide rings is 1. The second kappa shape index (κ2) is 2.06. The predicted molar refractivity (Wildman–Crippen MR) is 35.2 cm³/mol. The Balaban J connectivity index is 2.20. The van der Waals surface area contributed by atoms with E-state index in [4.69, 9.17) is 0 Å². The fourth-order valence-electron chi connectivity index (χ4n) is 0.967. The molecule has 2 atom stereocenters. The van der Waals surface area contributed by atoms with E-state index in [1.54, 1.807) is 0 Å². The maximum Gasteiger partial charge on any atom is 0.230 e. The summed E-state index contributed by atoms with van der Waals surface area (Å²) < 4.78 is 16.9. The van der Waals surface area contributed by atoms with Gasteiger partial charge in [0.2, 0.25) is 6.36 Å². The predicted octanol–water partition coefficient (Wildman–Crippen LogP) is 2.05. The zero-order chi connectivity index (χ0) is 6.97. The molecule has 0 amide bonds. The number of alkyl halides is 1. The van der Waals surface area contributed by atoms with E-state index in [1.807, 2.05) is 30.3 Å². The molecule has 1 aromatic rings. The van der Waals surface area contributed by atoms with Crippen molar-refractivity contribution in [2.24, 2.45) is 0 Å². The Morgan fingerprint density at radius 3 is 2.30 bits per heavy atom. The highest BCUT2D eigenvalue weighted by molar-refractivity contribution is 5.20. The van der Waals surface area contributed by atoms with Crippen molar-refractivity contribution >= 4 is 0 Å². The number of ether oxygens (including phenoxy) is 1. The molecule has 2 heteroatoms. The molecule has 1 aliphatic rings. The standard InChI is InChI=1S/C8H7FO/c9-8-7(10-8)6-4-2-1-3-5-6/h1-5,7-8H. The first kappa shape index (κ1) is 5.86. The topological polar surface area (TPSA) is 12.5 Å². The maximum absolute atomic E-state index is 12.2. The van der Waals surface area contributed by atoms with Crippen LogP contribution < -0.4 is 0 Å². The Morgan fingerprint density at radius 1 is 1.20 bits per heavy atom. The molecule has 0 spiro atoms. The van der Waals surface area contributed by atoms with Gasteiger partial charge in [0, 0.05) is 0 Å². The van der Waals surface area contributed by atoms with Crippen LogP contribution in [0.5, 0.6) is 0 Å². The van der Waals surface area contributed by atoms with Gasteiger partial charge in [0.15, 0.2) is 0 Å². The van der Waals surface area contributed by atoms with Crippen LogP contribution in [0.3, 0.4) is 0 Å². The molecule has 1 aliphatic heterocycles. The summed E-state index contributed by atoms with van der Waals surface area (Å²) in [5.74, 6) is 0. The molecule has 10 heavy (non-hydrogen) atoms. The van der Waals surface area contributed by atoms with Crippen LogP contribution in [0, 0.1) is 0 Å². The number of hydrogen-bond donors (Lipinski definition) is 0. The van der Waals surface area contributed by atoms with E-state index in [0.29, 0.717) is 0 Å². The van der Waals surface area contributed by atoms with Gasteiger partial charge in [-0.3, -0.25) is 0 Å². The van der Waals surface area contributed by atoms with Crippen molar-refractivity contribution in [1.29, 1.82) is 0 Å². The number of hydrogen-bond acceptors (Lipinski definition) is 1. The molecule has 1 fully saturated rings. The van der Waals surface area contributed by atoms with Crippen molar-refractivity contribution in [3.05, 3.63) is 35.9 Å². The molecule has 2 rings (SSSR count). The smallest absolute Gasteiger partial charge is 0.230 e. The molecule has 0 aliphatic carbocycles. The van der Waals surface area contributed by atoms with E-state index in [0.717, 1.165) is 5.56 Å². The monoisotopic (exact) mass is 138 g/mol. The Morgan fingerprint density at radius 2 is 1.80 bits per heavy atom. The first-order chi connectivity index (χ1) is 4.88. The quantitative estimate of drug-likeness (QED) is 0.541. The van der Waals surface area contributed by atoms with Crippen LogP contribution in [-0.4, -0.2) is 6.36 Å². The van der Waals surface area contributed by atoms with Gasteiger partial charge in [-0.15, -0.1) is 0 Å². The minimum Gasteiger partial charge on any atom is -0.332 e. The summed E-state index contributed by atoms with van der Waals surface area (Å²) in [6.45, 7) is 0. The first-order valence-electron chi connectivity index (χ1n) is 3.22. The molecule has 1 aromatic carbocycles. The minimum absolute atomic E-state index is 0.291. The lowest BCUT2D eigenvalue weighted by atomic mass is 10.2. The first-order valence-corrected chi connectivity index (χ1v) is 3.22. The fraction of sp³-hybridized carbons (Fsp3) is 0.250. The molecule has 1 saturated heterocycles. The van der Waals surface area contributed by atoms with Crippen LogP contribution in [0.4, 0.5) is 4.39 Å². The highest BCUT2D eigenvalue weighted by Gasteiger charge is 2.40. The van der Waals surface area contributed by atoms with Gasteiger partial charge in [-0.25, -0.2) is 4.39 Å². The number of benzene rings is 1. The highest BCUT2D eigenvalue weighted by Crippen LogP contribution is 2.38. The summed E-state index contributed by atoms with van der Waals surface area (Å²) in [7, 11) is 0. The van der Waals surface area contributed by atoms with Gasteiger partial charge in [-0.1, -0.05) is 30.3 Å². The Labute approximate surface area is 58.4 Å². The zero-order valence-corrected chi connectivity index (χ0v) is 5.33. The Kier molecular flexibility index (Phi) is 1.21. The van der Waals surface area contributed by atoms with Crippen molar-refractivity contribution in [3.8, 4) is 0 Å². The molecule has 0 bridgehead atoms. The Hall–Kier alpha value is -0.890. The lowest BCUT2D eigenvalue weighted by Gasteiger charge is -1.89. The van der Waals surface area contributed by atoms with Gasteiger partial charge in [0.25, 0.3) is 0 Å². The van der Waals surface area contributed by atoms with Crippen molar-refractivity contribution < 1.29 is 9.13 Å². The molecule has 0 N–H and O–H groups in total. The lowest BCUT2D eigenvalue weighted by molar-refractivity contribution is 0.265. The van der Waals surface area contributed by atoms with Crippen LogP contribution >= 0.6 is 0 Å². The lowest BCUT2D eigenvalue weighted by Crippen LogP contribution is -1.79. The van der Waals surface area contributed by atoms with E-state index in [-0.39, 0.29) is 6.10 Å². The molecule has 2 unspecified atom stereocenters. The average Bonchev–Trinajstić information content (AvgIpc) is 2.69. The molecule has 0 saturated carbocycles. The normalized spacial score (nSPS) is 30.1. The third kappa shape index (κ3) is 0.907. The molecular weight excluding hydrogens is 131 g/mol. The number of rotatable bonds is 1. The van der Waals surface area contributed by atoms with Gasteiger partial charge >= 0.3 is 0 Å².